The van der Waals surface area contributed by atoms with Crippen molar-refractivity contribution in [3.05, 3.63) is 75.5 Å². The molecule has 0 radical (unpaired) electrons. The molecule has 0 fully saturated rings. The fraction of sp³-hybridized carbons (Fsp3) is 0.0476. The molecule has 1 aromatic carbocycles. The molecule has 1 aromatic heterocycles. The number of rotatable bonds is 3. The van der Waals surface area contributed by atoms with Crippen molar-refractivity contribution >= 4 is 11.3 Å². The number of nitrogens with zero attached hydrogens (tertiary/aromatic N) is 6. The molecule has 0 atom stereocenters. The average Bonchev–Trinajstić information content (AvgIpc) is 3.29. The lowest BCUT2D eigenvalue weighted by Gasteiger charge is -2.17. The van der Waals surface area contributed by atoms with Crippen LogP contribution in [0.5, 0.6) is 0 Å². The van der Waals surface area contributed by atoms with Gasteiger partial charge >= 0.3 is 0 Å². The molecule has 3 heterocycles. The van der Waals surface area contributed by atoms with Gasteiger partial charge in [-0.3, -0.25) is 4.79 Å². The van der Waals surface area contributed by atoms with Gasteiger partial charge in [0, 0.05) is 5.56 Å². The van der Waals surface area contributed by atoms with Gasteiger partial charge < -0.3 is 0 Å². The second-order valence-corrected chi connectivity index (χ2v) is 6.94. The Balaban J connectivity index is 2.13. The molecule has 29 heavy (non-hydrogen) atoms. The molecule has 0 saturated heterocycles. The van der Waals surface area contributed by atoms with Crippen molar-refractivity contribution < 1.29 is 0 Å². The van der Waals surface area contributed by atoms with Crippen molar-refractivity contribution in [2.75, 3.05) is 0 Å². The molecule has 136 valence electrons. The molecule has 4 rings (SSSR count). The van der Waals surface area contributed by atoms with Gasteiger partial charge in [-0.05, 0) is 29.6 Å². The van der Waals surface area contributed by atoms with Crippen molar-refractivity contribution in [2.45, 2.75) is 5.92 Å². The van der Waals surface area contributed by atoms with Crippen molar-refractivity contribution in [1.29, 1.82) is 15.8 Å². The van der Waals surface area contributed by atoms with Crippen LogP contribution < -0.4 is 5.56 Å². The number of para-hydroxylation sites is 1. The summed E-state index contributed by atoms with van der Waals surface area (Å²) in [4.78, 5) is 17.4. The van der Waals surface area contributed by atoms with Crippen LogP contribution in [0.2, 0.25) is 0 Å². The van der Waals surface area contributed by atoms with Crippen LogP contribution in [0.4, 0.5) is 0 Å². The van der Waals surface area contributed by atoms with Gasteiger partial charge in [-0.15, -0.1) is 11.3 Å². The van der Waals surface area contributed by atoms with E-state index in [1.54, 1.807) is 22.9 Å². The van der Waals surface area contributed by atoms with E-state index >= 15 is 0 Å². The zero-order valence-electron chi connectivity index (χ0n) is 14.8. The Morgan fingerprint density at radius 2 is 1.79 bits per heavy atom. The number of pyridine rings is 1. The average molecular weight is 394 g/mol. The number of nitriles is 3. The van der Waals surface area contributed by atoms with Gasteiger partial charge in [0.2, 0.25) is 0 Å². The van der Waals surface area contributed by atoms with Crippen LogP contribution in [0.3, 0.4) is 0 Å². The van der Waals surface area contributed by atoms with Gasteiger partial charge in [-0.1, -0.05) is 24.3 Å². The van der Waals surface area contributed by atoms with Gasteiger partial charge in [0.05, 0.1) is 39.7 Å². The Bertz CT molecular complexity index is 1340. The van der Waals surface area contributed by atoms with Crippen LogP contribution in [0.1, 0.15) is 17.2 Å². The third-order valence-corrected chi connectivity index (χ3v) is 5.22. The number of benzene rings is 1. The molecule has 0 unspecified atom stereocenters. The first kappa shape index (κ1) is 18.1. The Kier molecular flexibility index (Phi) is 4.58. The zero-order chi connectivity index (χ0) is 20.4. The Hall–Kier alpha value is -4.32. The molecule has 7 nitrogen and oxygen atoms in total. The predicted octanol–water partition coefficient (Wildman–Crippen LogP) is 3.46. The number of aromatic nitrogens is 3. The Morgan fingerprint density at radius 3 is 2.41 bits per heavy atom. The number of fused-ring (bicyclic) bond motifs is 1. The van der Waals surface area contributed by atoms with E-state index in [9.17, 15) is 20.6 Å². The Labute approximate surface area is 169 Å². The van der Waals surface area contributed by atoms with Crippen LogP contribution in [-0.4, -0.2) is 14.8 Å². The minimum atomic E-state index is -1.31. The summed E-state index contributed by atoms with van der Waals surface area (Å²) < 4.78 is 1.63. The SMILES string of the molecule is N#Cc1c2cc(-c3cccs3)n(-c3ccccc3)nc-2c(=O)nc1C(C#N)C#N. The molecule has 2 aliphatic heterocycles. The van der Waals surface area contributed by atoms with E-state index in [0.717, 1.165) is 10.6 Å². The van der Waals surface area contributed by atoms with Gasteiger partial charge in [0.25, 0.3) is 5.56 Å². The molecule has 8 heteroatoms. The summed E-state index contributed by atoms with van der Waals surface area (Å²) in [7, 11) is 0. The standard InChI is InChI=1S/C21H10N6OS/c22-10-13(11-23)19-16(12-24)15-9-17(18-7-4-8-29-18)27(14-5-2-1-3-6-14)26-20(15)21(28)25-19/h1-9,13H. The molecule has 0 N–H and O–H groups in total. The lowest BCUT2D eigenvalue weighted by atomic mass is 9.96. The summed E-state index contributed by atoms with van der Waals surface area (Å²) in [6.45, 7) is 0. The first-order valence-electron chi connectivity index (χ1n) is 8.44. The molecule has 2 aliphatic rings. The summed E-state index contributed by atoms with van der Waals surface area (Å²) in [5.41, 5.74) is 0.887. The zero-order valence-corrected chi connectivity index (χ0v) is 15.6. The quantitative estimate of drug-likeness (QED) is 0.525. The molecule has 2 aromatic rings. The maximum atomic E-state index is 12.7. The molecule has 0 amide bonds. The number of hydrogen-bond acceptors (Lipinski definition) is 7. The van der Waals surface area contributed by atoms with E-state index in [1.807, 2.05) is 53.9 Å². The minimum absolute atomic E-state index is 0.00379. The third-order valence-electron chi connectivity index (χ3n) is 4.33. The number of hydrogen-bond donors (Lipinski definition) is 0. The molecule has 0 spiro atoms. The van der Waals surface area contributed by atoms with E-state index in [-0.39, 0.29) is 22.5 Å². The highest BCUT2D eigenvalue weighted by Gasteiger charge is 2.27. The van der Waals surface area contributed by atoms with Gasteiger partial charge in [-0.2, -0.15) is 20.9 Å². The highest BCUT2D eigenvalue weighted by molar-refractivity contribution is 7.13. The van der Waals surface area contributed by atoms with Gasteiger partial charge in [0.1, 0.15) is 6.07 Å². The summed E-state index contributed by atoms with van der Waals surface area (Å²) >= 11 is 1.49. The lowest BCUT2D eigenvalue weighted by Crippen LogP contribution is -2.21. The molecular weight excluding hydrogens is 384 g/mol. The highest BCUT2D eigenvalue weighted by Crippen LogP contribution is 2.33. The van der Waals surface area contributed by atoms with E-state index in [4.69, 9.17) is 0 Å². The normalized spacial score (nSPS) is 10.4. The fourth-order valence-electron chi connectivity index (χ4n) is 3.02. The minimum Gasteiger partial charge on any atom is -0.265 e. The maximum absolute atomic E-state index is 12.7. The summed E-state index contributed by atoms with van der Waals surface area (Å²) in [5, 5.41) is 34.6. The second-order valence-electron chi connectivity index (χ2n) is 6.00. The van der Waals surface area contributed by atoms with E-state index in [2.05, 4.69) is 10.1 Å². The van der Waals surface area contributed by atoms with Crippen molar-refractivity contribution in [3.8, 4) is 45.7 Å². The third kappa shape index (κ3) is 3.02. The van der Waals surface area contributed by atoms with Crippen molar-refractivity contribution in [2.24, 2.45) is 0 Å². The lowest BCUT2D eigenvalue weighted by molar-refractivity contribution is 0.843. The molecule has 0 saturated carbocycles. The smallest absolute Gasteiger partial charge is 0.265 e. The summed E-state index contributed by atoms with van der Waals surface area (Å²) in [6, 6.07) is 20.3. The summed E-state index contributed by atoms with van der Waals surface area (Å²) in [6.07, 6.45) is 0. The van der Waals surface area contributed by atoms with Crippen LogP contribution in [0.25, 0.3) is 27.5 Å². The fourth-order valence-corrected chi connectivity index (χ4v) is 3.75. The topological polar surface area (TPSA) is 119 Å². The molecule has 0 aliphatic carbocycles. The van der Waals surface area contributed by atoms with Gasteiger partial charge in [0.15, 0.2) is 11.6 Å². The van der Waals surface area contributed by atoms with Crippen LogP contribution in [0, 0.1) is 34.0 Å². The molecular formula is C21H10N6OS. The van der Waals surface area contributed by atoms with E-state index in [0.29, 0.717) is 5.69 Å². The second kappa shape index (κ2) is 7.36. The summed E-state index contributed by atoms with van der Waals surface area (Å²) in [5.74, 6) is -1.31. The molecule has 0 bridgehead atoms. The van der Waals surface area contributed by atoms with E-state index < -0.39 is 11.5 Å². The van der Waals surface area contributed by atoms with Crippen molar-refractivity contribution in [3.63, 3.8) is 0 Å². The maximum Gasteiger partial charge on any atom is 0.298 e. The van der Waals surface area contributed by atoms with Gasteiger partial charge in [-0.25, -0.2) is 9.67 Å². The first-order valence-corrected chi connectivity index (χ1v) is 9.32. The van der Waals surface area contributed by atoms with E-state index in [1.165, 1.54) is 11.3 Å². The van der Waals surface area contributed by atoms with Crippen LogP contribution in [-0.2, 0) is 0 Å². The largest absolute Gasteiger partial charge is 0.298 e. The van der Waals surface area contributed by atoms with Crippen LogP contribution in [0.15, 0.2) is 58.7 Å². The highest BCUT2D eigenvalue weighted by atomic mass is 32.1. The van der Waals surface area contributed by atoms with Crippen LogP contribution >= 0.6 is 11.3 Å². The first-order chi connectivity index (χ1) is 14.2. The van der Waals surface area contributed by atoms with Crippen molar-refractivity contribution in [1.82, 2.24) is 14.8 Å². The predicted molar refractivity (Wildman–Crippen MR) is 106 cm³/mol. The monoisotopic (exact) mass is 394 g/mol. The Morgan fingerprint density at radius 1 is 1.03 bits per heavy atom. The number of thiophene rings is 1.